The van der Waals surface area contributed by atoms with Crippen LogP contribution in [0.15, 0.2) is 18.2 Å². The molecule has 1 unspecified atom stereocenters. The van der Waals surface area contributed by atoms with Gasteiger partial charge in [0.05, 0.1) is 11.3 Å². The van der Waals surface area contributed by atoms with Gasteiger partial charge in [0, 0.05) is 25.2 Å². The van der Waals surface area contributed by atoms with Gasteiger partial charge in [-0.3, -0.25) is 4.79 Å². The van der Waals surface area contributed by atoms with Crippen molar-refractivity contribution in [3.8, 4) is 0 Å². The maximum absolute atomic E-state index is 11.7. The molecular weight excluding hydrogens is 280 g/mol. The Morgan fingerprint density at radius 3 is 2.82 bits per heavy atom. The number of carboxylic acids is 1. The number of carbonyl (C=O) groups is 2. The normalized spacial score (nSPS) is 18.1. The fraction of sp³-hybridized carbons (Fsp3) is 0.529. The molecule has 2 N–H and O–H groups in total. The maximum atomic E-state index is 11.7. The van der Waals surface area contributed by atoms with Crippen molar-refractivity contribution in [2.24, 2.45) is 5.92 Å². The van der Waals surface area contributed by atoms with Gasteiger partial charge in [0.25, 0.3) is 0 Å². The van der Waals surface area contributed by atoms with Crippen LogP contribution in [0.4, 0.5) is 11.4 Å². The molecule has 1 aliphatic heterocycles. The topological polar surface area (TPSA) is 69.6 Å². The number of anilines is 2. The standard InChI is InChI=1S/C17H24N2O3/c1-3-5-16(20)18-15-8-7-13(10-14(15)17(21)22)19-9-4-6-12(2)11-19/h7-8,10,12H,3-6,9,11H2,1-2H3,(H,18,20)(H,21,22). The van der Waals surface area contributed by atoms with Crippen LogP contribution in [0.3, 0.4) is 0 Å². The number of amides is 1. The Labute approximate surface area is 131 Å². The van der Waals surface area contributed by atoms with E-state index in [0.717, 1.165) is 31.6 Å². The van der Waals surface area contributed by atoms with E-state index in [0.29, 0.717) is 18.0 Å². The minimum absolute atomic E-state index is 0.149. The molecule has 1 aromatic carbocycles. The van der Waals surface area contributed by atoms with Gasteiger partial charge in [-0.15, -0.1) is 0 Å². The van der Waals surface area contributed by atoms with Crippen LogP contribution in [-0.4, -0.2) is 30.1 Å². The molecule has 1 heterocycles. The zero-order valence-electron chi connectivity index (χ0n) is 13.3. The minimum Gasteiger partial charge on any atom is -0.478 e. The fourth-order valence-electron chi connectivity index (χ4n) is 2.88. The van der Waals surface area contributed by atoms with Crippen LogP contribution in [0.2, 0.25) is 0 Å². The quantitative estimate of drug-likeness (QED) is 0.875. The Balaban J connectivity index is 2.23. The smallest absolute Gasteiger partial charge is 0.337 e. The molecule has 1 saturated heterocycles. The first-order chi connectivity index (χ1) is 10.5. The molecule has 0 bridgehead atoms. The van der Waals surface area contributed by atoms with Crippen molar-refractivity contribution < 1.29 is 14.7 Å². The Bertz CT molecular complexity index is 557. The third-order valence-corrected chi connectivity index (χ3v) is 4.01. The van der Waals surface area contributed by atoms with Gasteiger partial charge in [-0.25, -0.2) is 4.79 Å². The van der Waals surface area contributed by atoms with Gasteiger partial charge in [-0.1, -0.05) is 13.8 Å². The first-order valence-electron chi connectivity index (χ1n) is 7.93. The van der Waals surface area contributed by atoms with E-state index < -0.39 is 5.97 Å². The van der Waals surface area contributed by atoms with E-state index in [1.54, 1.807) is 12.1 Å². The molecule has 1 amide bonds. The summed E-state index contributed by atoms with van der Waals surface area (Å²) in [4.78, 5) is 25.4. The Morgan fingerprint density at radius 2 is 2.18 bits per heavy atom. The first kappa shape index (κ1) is 16.3. The van der Waals surface area contributed by atoms with Gasteiger partial charge in [0.2, 0.25) is 5.91 Å². The lowest BCUT2D eigenvalue weighted by Gasteiger charge is -2.33. The number of nitrogens with zero attached hydrogens (tertiary/aromatic N) is 1. The number of hydrogen-bond donors (Lipinski definition) is 2. The summed E-state index contributed by atoms with van der Waals surface area (Å²) in [7, 11) is 0. The summed E-state index contributed by atoms with van der Waals surface area (Å²) in [6.45, 7) is 6.02. The van der Waals surface area contributed by atoms with E-state index in [1.807, 2.05) is 13.0 Å². The van der Waals surface area contributed by atoms with E-state index in [2.05, 4.69) is 17.1 Å². The van der Waals surface area contributed by atoms with Crippen LogP contribution < -0.4 is 10.2 Å². The molecule has 120 valence electrons. The van der Waals surface area contributed by atoms with E-state index in [9.17, 15) is 14.7 Å². The van der Waals surface area contributed by atoms with E-state index in [4.69, 9.17) is 0 Å². The fourth-order valence-corrected chi connectivity index (χ4v) is 2.88. The van der Waals surface area contributed by atoms with Crippen molar-refractivity contribution in [1.29, 1.82) is 0 Å². The molecule has 0 aromatic heterocycles. The van der Waals surface area contributed by atoms with Crippen LogP contribution in [0.5, 0.6) is 0 Å². The molecular formula is C17H24N2O3. The molecule has 5 nitrogen and oxygen atoms in total. The SMILES string of the molecule is CCCC(=O)Nc1ccc(N2CCCC(C)C2)cc1C(=O)O. The van der Waals surface area contributed by atoms with E-state index in [-0.39, 0.29) is 11.5 Å². The van der Waals surface area contributed by atoms with Crippen LogP contribution in [0, 0.1) is 5.92 Å². The molecule has 1 fully saturated rings. The highest BCUT2D eigenvalue weighted by molar-refractivity contribution is 6.01. The van der Waals surface area contributed by atoms with Crippen molar-refractivity contribution in [1.82, 2.24) is 0 Å². The van der Waals surface area contributed by atoms with Crippen molar-refractivity contribution in [3.63, 3.8) is 0 Å². The van der Waals surface area contributed by atoms with Crippen molar-refractivity contribution in [2.45, 2.75) is 39.5 Å². The zero-order chi connectivity index (χ0) is 16.1. The molecule has 2 rings (SSSR count). The van der Waals surface area contributed by atoms with Crippen LogP contribution in [-0.2, 0) is 4.79 Å². The molecule has 0 saturated carbocycles. The predicted molar refractivity (Wildman–Crippen MR) is 87.6 cm³/mol. The molecule has 0 radical (unpaired) electrons. The number of carboxylic acid groups (broad SMARTS) is 1. The van der Waals surface area contributed by atoms with Gasteiger partial charge in [0.1, 0.15) is 0 Å². The maximum Gasteiger partial charge on any atom is 0.337 e. The summed E-state index contributed by atoms with van der Waals surface area (Å²) in [5, 5.41) is 12.1. The number of benzene rings is 1. The molecule has 0 aliphatic carbocycles. The average Bonchev–Trinajstić information content (AvgIpc) is 2.47. The van der Waals surface area contributed by atoms with Gasteiger partial charge in [-0.2, -0.15) is 0 Å². The number of hydrogen-bond acceptors (Lipinski definition) is 3. The number of rotatable bonds is 5. The highest BCUT2D eigenvalue weighted by Gasteiger charge is 2.19. The number of nitrogens with one attached hydrogen (secondary N) is 1. The van der Waals surface area contributed by atoms with Crippen molar-refractivity contribution >= 4 is 23.3 Å². The lowest BCUT2D eigenvalue weighted by atomic mass is 9.99. The van der Waals surface area contributed by atoms with Gasteiger partial charge in [0.15, 0.2) is 0 Å². The number of piperidine rings is 1. The number of carbonyl (C=O) groups excluding carboxylic acids is 1. The summed E-state index contributed by atoms with van der Waals surface area (Å²) in [5.41, 5.74) is 1.44. The second-order valence-electron chi connectivity index (χ2n) is 6.03. The van der Waals surface area contributed by atoms with E-state index >= 15 is 0 Å². The van der Waals surface area contributed by atoms with Crippen LogP contribution in [0.1, 0.15) is 49.9 Å². The summed E-state index contributed by atoms with van der Waals surface area (Å²) in [5.74, 6) is -0.547. The number of aromatic carboxylic acids is 1. The monoisotopic (exact) mass is 304 g/mol. The van der Waals surface area contributed by atoms with Gasteiger partial charge >= 0.3 is 5.97 Å². The largest absolute Gasteiger partial charge is 0.478 e. The average molecular weight is 304 g/mol. The minimum atomic E-state index is -1.02. The molecule has 1 aliphatic rings. The lowest BCUT2D eigenvalue weighted by molar-refractivity contribution is -0.116. The summed E-state index contributed by atoms with van der Waals surface area (Å²) >= 11 is 0. The van der Waals surface area contributed by atoms with Crippen LogP contribution in [0.25, 0.3) is 0 Å². The van der Waals surface area contributed by atoms with Crippen molar-refractivity contribution in [2.75, 3.05) is 23.3 Å². The summed E-state index contributed by atoms with van der Waals surface area (Å²) < 4.78 is 0. The van der Waals surface area contributed by atoms with E-state index in [1.165, 1.54) is 6.42 Å². The molecule has 5 heteroatoms. The predicted octanol–water partition coefficient (Wildman–Crippen LogP) is 3.36. The molecule has 0 spiro atoms. The molecule has 1 atom stereocenters. The summed E-state index contributed by atoms with van der Waals surface area (Å²) in [6, 6.07) is 5.26. The third-order valence-electron chi connectivity index (χ3n) is 4.01. The van der Waals surface area contributed by atoms with Gasteiger partial charge in [-0.05, 0) is 43.4 Å². The highest BCUT2D eigenvalue weighted by atomic mass is 16.4. The Kier molecular flexibility index (Phi) is 5.41. The highest BCUT2D eigenvalue weighted by Crippen LogP contribution is 2.27. The lowest BCUT2D eigenvalue weighted by Crippen LogP contribution is -2.34. The van der Waals surface area contributed by atoms with Crippen molar-refractivity contribution in [3.05, 3.63) is 23.8 Å². The molecule has 22 heavy (non-hydrogen) atoms. The summed E-state index contributed by atoms with van der Waals surface area (Å²) in [6.07, 6.45) is 3.47. The van der Waals surface area contributed by atoms with Crippen LogP contribution >= 0.6 is 0 Å². The Hall–Kier alpha value is -2.04. The first-order valence-corrected chi connectivity index (χ1v) is 7.93. The second-order valence-corrected chi connectivity index (χ2v) is 6.03. The van der Waals surface area contributed by atoms with Gasteiger partial charge < -0.3 is 15.3 Å². The molecule has 1 aromatic rings. The third kappa shape index (κ3) is 4.00. The second kappa shape index (κ2) is 7.29. The zero-order valence-corrected chi connectivity index (χ0v) is 13.3. The Morgan fingerprint density at radius 1 is 1.41 bits per heavy atom.